The summed E-state index contributed by atoms with van der Waals surface area (Å²) in [6.45, 7) is 4.57. The highest BCUT2D eigenvalue weighted by atomic mass is 16.4. The van der Waals surface area contributed by atoms with Crippen LogP contribution in [0.3, 0.4) is 0 Å². The topological polar surface area (TPSA) is 69.6 Å². The lowest BCUT2D eigenvalue weighted by atomic mass is 10.1. The molecule has 1 unspecified atom stereocenters. The van der Waals surface area contributed by atoms with Gasteiger partial charge >= 0.3 is 12.0 Å². The summed E-state index contributed by atoms with van der Waals surface area (Å²) in [7, 11) is 0. The van der Waals surface area contributed by atoms with Crippen molar-refractivity contribution in [2.24, 2.45) is 5.92 Å². The number of urea groups is 1. The molecule has 0 rings (SSSR count). The molecule has 0 aromatic rings. The van der Waals surface area contributed by atoms with Gasteiger partial charge in [-0.3, -0.25) is 4.79 Å². The first-order valence-electron chi connectivity index (χ1n) is 5.22. The molecule has 0 aromatic heterocycles. The molecule has 5 heteroatoms. The molecule has 16 heavy (non-hydrogen) atoms. The third kappa shape index (κ3) is 5.25. The van der Waals surface area contributed by atoms with E-state index < -0.39 is 11.9 Å². The van der Waals surface area contributed by atoms with Crippen LogP contribution < -0.4 is 5.32 Å². The van der Waals surface area contributed by atoms with E-state index in [0.717, 1.165) is 0 Å². The summed E-state index contributed by atoms with van der Waals surface area (Å²) in [6, 6.07) is -0.252. The van der Waals surface area contributed by atoms with Crippen LogP contribution >= 0.6 is 0 Å². The monoisotopic (exact) mass is 226 g/mol. The lowest BCUT2D eigenvalue weighted by Gasteiger charge is -2.18. The molecule has 0 spiro atoms. The number of carboxylic acids is 1. The van der Waals surface area contributed by atoms with Crippen LogP contribution in [0.2, 0.25) is 0 Å². The summed E-state index contributed by atoms with van der Waals surface area (Å²) >= 11 is 0. The number of rotatable bonds is 6. The van der Waals surface area contributed by atoms with Gasteiger partial charge in [0.15, 0.2) is 0 Å². The minimum atomic E-state index is -0.856. The molecule has 0 radical (unpaired) electrons. The summed E-state index contributed by atoms with van der Waals surface area (Å²) in [6.07, 6.45) is 5.52. The highest BCUT2D eigenvalue weighted by molar-refractivity contribution is 5.74. The molecule has 0 aromatic carbocycles. The third-order valence-electron chi connectivity index (χ3n) is 2.23. The molecule has 2 amide bonds. The molecule has 0 aliphatic carbocycles. The van der Waals surface area contributed by atoms with Gasteiger partial charge in [-0.05, 0) is 13.3 Å². The summed E-state index contributed by atoms with van der Waals surface area (Å²) in [5.74, 6) is 1.08. The average molecular weight is 226 g/mol. The zero-order chi connectivity index (χ0) is 12.6. The van der Waals surface area contributed by atoms with Gasteiger partial charge in [-0.1, -0.05) is 12.8 Å². The molecule has 0 heterocycles. The Kier molecular flexibility index (Phi) is 6.77. The fourth-order valence-electron chi connectivity index (χ4n) is 1.07. The smallest absolute Gasteiger partial charge is 0.318 e. The highest BCUT2D eigenvalue weighted by Crippen LogP contribution is 2.00. The van der Waals surface area contributed by atoms with E-state index in [9.17, 15) is 9.59 Å². The number of carboxylic acid groups (broad SMARTS) is 1. The van der Waals surface area contributed by atoms with Crippen LogP contribution in [0, 0.1) is 18.3 Å². The van der Waals surface area contributed by atoms with E-state index in [0.29, 0.717) is 19.5 Å². The fourth-order valence-corrected chi connectivity index (χ4v) is 1.07. The maximum absolute atomic E-state index is 11.5. The molecule has 0 aliphatic rings. The van der Waals surface area contributed by atoms with Crippen LogP contribution in [-0.2, 0) is 4.79 Å². The number of nitrogens with zero attached hydrogens (tertiary/aromatic N) is 1. The number of terminal acetylenes is 1. The van der Waals surface area contributed by atoms with Crippen molar-refractivity contribution in [1.82, 2.24) is 10.2 Å². The van der Waals surface area contributed by atoms with Crippen molar-refractivity contribution < 1.29 is 14.7 Å². The lowest BCUT2D eigenvalue weighted by Crippen LogP contribution is -2.40. The Morgan fingerprint density at radius 1 is 1.56 bits per heavy atom. The Labute approximate surface area is 95.8 Å². The number of nitrogens with one attached hydrogen (secondary N) is 1. The second-order valence-corrected chi connectivity index (χ2v) is 3.48. The van der Waals surface area contributed by atoms with Crippen LogP contribution in [0.1, 0.15) is 20.3 Å². The van der Waals surface area contributed by atoms with Crippen molar-refractivity contribution in [3.63, 3.8) is 0 Å². The lowest BCUT2D eigenvalue weighted by molar-refractivity contribution is -0.141. The maximum Gasteiger partial charge on any atom is 0.318 e. The molecule has 5 nitrogen and oxygen atoms in total. The first-order chi connectivity index (χ1) is 7.52. The van der Waals surface area contributed by atoms with Crippen molar-refractivity contribution in [1.29, 1.82) is 0 Å². The largest absolute Gasteiger partial charge is 0.481 e. The van der Waals surface area contributed by atoms with E-state index in [4.69, 9.17) is 11.5 Å². The van der Waals surface area contributed by atoms with E-state index in [1.165, 1.54) is 4.90 Å². The van der Waals surface area contributed by atoms with Crippen LogP contribution in [0.5, 0.6) is 0 Å². The minimum absolute atomic E-state index is 0.252. The predicted molar refractivity (Wildman–Crippen MR) is 60.9 cm³/mol. The van der Waals surface area contributed by atoms with Crippen molar-refractivity contribution >= 4 is 12.0 Å². The number of amides is 2. The molecule has 90 valence electrons. The zero-order valence-electron chi connectivity index (χ0n) is 9.69. The van der Waals surface area contributed by atoms with Gasteiger partial charge in [0.2, 0.25) is 0 Å². The quantitative estimate of drug-likeness (QED) is 0.657. The third-order valence-corrected chi connectivity index (χ3v) is 2.23. The average Bonchev–Trinajstić information content (AvgIpc) is 2.25. The van der Waals surface area contributed by atoms with Gasteiger partial charge < -0.3 is 15.3 Å². The van der Waals surface area contributed by atoms with Gasteiger partial charge in [0, 0.05) is 13.1 Å². The zero-order valence-corrected chi connectivity index (χ0v) is 9.69. The first-order valence-corrected chi connectivity index (χ1v) is 5.22. The second-order valence-electron chi connectivity index (χ2n) is 3.48. The van der Waals surface area contributed by atoms with Gasteiger partial charge in [0.1, 0.15) is 0 Å². The SMILES string of the molecule is C#CCN(CC)C(=O)NCCC(C)C(=O)O. The summed E-state index contributed by atoms with van der Waals surface area (Å²) < 4.78 is 0. The van der Waals surface area contributed by atoms with Crippen LogP contribution in [-0.4, -0.2) is 41.6 Å². The Balaban J connectivity index is 3.89. The standard InChI is InChI=1S/C11H18N2O3/c1-4-8-13(5-2)11(16)12-7-6-9(3)10(14)15/h1,9H,5-8H2,2-3H3,(H,12,16)(H,14,15). The van der Waals surface area contributed by atoms with Gasteiger partial charge in [0.25, 0.3) is 0 Å². The van der Waals surface area contributed by atoms with Gasteiger partial charge in [-0.2, -0.15) is 0 Å². The molecule has 0 bridgehead atoms. The van der Waals surface area contributed by atoms with Crippen molar-refractivity contribution in [3.05, 3.63) is 0 Å². The number of hydrogen-bond acceptors (Lipinski definition) is 2. The van der Waals surface area contributed by atoms with E-state index in [-0.39, 0.29) is 12.6 Å². The first kappa shape index (κ1) is 14.3. The molecule has 2 N–H and O–H groups in total. The molecule has 1 atom stereocenters. The van der Waals surface area contributed by atoms with E-state index >= 15 is 0 Å². The predicted octanol–water partition coefficient (Wildman–Crippen LogP) is 0.762. The molecular formula is C11H18N2O3. The molecular weight excluding hydrogens is 208 g/mol. The molecule has 0 saturated carbocycles. The number of hydrogen-bond donors (Lipinski definition) is 2. The van der Waals surface area contributed by atoms with E-state index in [1.54, 1.807) is 6.92 Å². The maximum atomic E-state index is 11.5. The summed E-state index contributed by atoms with van der Waals surface area (Å²) in [5.41, 5.74) is 0. The van der Waals surface area contributed by atoms with Crippen LogP contribution in [0.25, 0.3) is 0 Å². The molecule has 0 fully saturated rings. The van der Waals surface area contributed by atoms with Gasteiger partial charge in [0.05, 0.1) is 12.5 Å². The normalized spacial score (nSPS) is 11.3. The second kappa shape index (κ2) is 7.57. The summed E-state index contributed by atoms with van der Waals surface area (Å²) in [5, 5.41) is 11.3. The van der Waals surface area contributed by atoms with Crippen molar-refractivity contribution in [3.8, 4) is 12.3 Å². The van der Waals surface area contributed by atoms with Gasteiger partial charge in [-0.25, -0.2) is 4.79 Å². The molecule has 0 aliphatic heterocycles. The Bertz CT molecular complexity index is 283. The highest BCUT2D eigenvalue weighted by Gasteiger charge is 2.13. The molecule has 0 saturated heterocycles. The fraction of sp³-hybridized carbons (Fsp3) is 0.636. The Morgan fingerprint density at radius 3 is 2.62 bits per heavy atom. The number of aliphatic carboxylic acids is 1. The van der Waals surface area contributed by atoms with E-state index in [1.807, 2.05) is 6.92 Å². The number of carbonyl (C=O) groups is 2. The van der Waals surface area contributed by atoms with E-state index in [2.05, 4.69) is 11.2 Å². The number of carbonyl (C=O) groups excluding carboxylic acids is 1. The van der Waals surface area contributed by atoms with Gasteiger partial charge in [-0.15, -0.1) is 6.42 Å². The Morgan fingerprint density at radius 2 is 2.19 bits per heavy atom. The van der Waals surface area contributed by atoms with Crippen molar-refractivity contribution in [2.75, 3.05) is 19.6 Å². The summed E-state index contributed by atoms with van der Waals surface area (Å²) in [4.78, 5) is 23.5. The Hall–Kier alpha value is -1.70. The van der Waals surface area contributed by atoms with Crippen molar-refractivity contribution in [2.45, 2.75) is 20.3 Å². The van der Waals surface area contributed by atoms with Crippen LogP contribution in [0.15, 0.2) is 0 Å². The van der Waals surface area contributed by atoms with Crippen LogP contribution in [0.4, 0.5) is 4.79 Å². The minimum Gasteiger partial charge on any atom is -0.481 e.